The van der Waals surface area contributed by atoms with Crippen molar-refractivity contribution in [3.8, 4) is 0 Å². The molecule has 0 bridgehead atoms. The van der Waals surface area contributed by atoms with Crippen molar-refractivity contribution in [3.05, 3.63) is 35.5 Å². The lowest BCUT2D eigenvalue weighted by Crippen LogP contribution is -2.23. The van der Waals surface area contributed by atoms with Crippen LogP contribution in [0.15, 0.2) is 24.3 Å². The standard InChI is InChI=1S/C14H16N2O2/c1-15(2)14(18)7-10-4-5-11-8-12(9-17)16(3)13(11)6-10/h4-6,8-9H,7H2,1-3H3. The molecule has 0 aliphatic rings. The Morgan fingerprint density at radius 1 is 1.33 bits per heavy atom. The molecule has 4 nitrogen and oxygen atoms in total. The number of rotatable bonds is 3. The summed E-state index contributed by atoms with van der Waals surface area (Å²) < 4.78 is 1.84. The van der Waals surface area contributed by atoms with E-state index in [0.29, 0.717) is 12.1 Å². The van der Waals surface area contributed by atoms with Crippen molar-refractivity contribution in [1.82, 2.24) is 9.47 Å². The van der Waals surface area contributed by atoms with Crippen molar-refractivity contribution in [2.75, 3.05) is 14.1 Å². The van der Waals surface area contributed by atoms with Crippen LogP contribution in [0.1, 0.15) is 16.1 Å². The van der Waals surface area contributed by atoms with Gasteiger partial charge in [0, 0.05) is 32.0 Å². The second-order valence-electron chi connectivity index (χ2n) is 4.60. The van der Waals surface area contributed by atoms with Gasteiger partial charge in [0.15, 0.2) is 6.29 Å². The molecule has 0 fully saturated rings. The number of amides is 1. The van der Waals surface area contributed by atoms with Gasteiger partial charge in [-0.15, -0.1) is 0 Å². The molecule has 1 amide bonds. The maximum absolute atomic E-state index is 11.7. The summed E-state index contributed by atoms with van der Waals surface area (Å²) in [5, 5.41) is 1.01. The maximum Gasteiger partial charge on any atom is 0.226 e. The number of hydrogen-bond acceptors (Lipinski definition) is 2. The Kier molecular flexibility index (Phi) is 3.19. The van der Waals surface area contributed by atoms with E-state index in [1.165, 1.54) is 0 Å². The van der Waals surface area contributed by atoms with E-state index in [0.717, 1.165) is 22.8 Å². The topological polar surface area (TPSA) is 42.3 Å². The molecule has 2 aromatic rings. The van der Waals surface area contributed by atoms with Gasteiger partial charge in [0.25, 0.3) is 0 Å². The lowest BCUT2D eigenvalue weighted by atomic mass is 10.1. The van der Waals surface area contributed by atoms with Gasteiger partial charge in [-0.05, 0) is 17.7 Å². The molecule has 0 radical (unpaired) electrons. The van der Waals surface area contributed by atoms with E-state index in [-0.39, 0.29) is 5.91 Å². The number of aromatic nitrogens is 1. The van der Waals surface area contributed by atoms with Crippen LogP contribution in [-0.4, -0.2) is 35.8 Å². The summed E-state index contributed by atoms with van der Waals surface area (Å²) in [6.45, 7) is 0. The molecule has 4 heteroatoms. The third-order valence-electron chi connectivity index (χ3n) is 3.12. The highest BCUT2D eigenvalue weighted by atomic mass is 16.2. The van der Waals surface area contributed by atoms with Crippen LogP contribution in [0.25, 0.3) is 10.9 Å². The molecule has 18 heavy (non-hydrogen) atoms. The molecule has 0 unspecified atom stereocenters. The van der Waals surface area contributed by atoms with Crippen LogP contribution in [-0.2, 0) is 18.3 Å². The number of nitrogens with zero attached hydrogens (tertiary/aromatic N) is 2. The molecular weight excluding hydrogens is 228 g/mol. The Labute approximate surface area is 106 Å². The summed E-state index contributed by atoms with van der Waals surface area (Å²) in [4.78, 5) is 24.1. The number of aryl methyl sites for hydroxylation is 1. The van der Waals surface area contributed by atoms with E-state index in [1.54, 1.807) is 19.0 Å². The molecule has 0 aliphatic heterocycles. The van der Waals surface area contributed by atoms with E-state index in [1.807, 2.05) is 35.9 Å². The van der Waals surface area contributed by atoms with Crippen molar-refractivity contribution in [2.24, 2.45) is 7.05 Å². The van der Waals surface area contributed by atoms with Crippen LogP contribution in [0.4, 0.5) is 0 Å². The monoisotopic (exact) mass is 244 g/mol. The van der Waals surface area contributed by atoms with Gasteiger partial charge in [0.05, 0.1) is 12.1 Å². The predicted octanol–water partition coefficient (Wildman–Crippen LogP) is 1.62. The van der Waals surface area contributed by atoms with Crippen molar-refractivity contribution in [2.45, 2.75) is 6.42 Å². The highest BCUT2D eigenvalue weighted by molar-refractivity contribution is 5.90. The third kappa shape index (κ3) is 2.14. The minimum atomic E-state index is 0.0687. The summed E-state index contributed by atoms with van der Waals surface area (Å²) >= 11 is 0. The Hall–Kier alpha value is -2.10. The second kappa shape index (κ2) is 4.64. The van der Waals surface area contributed by atoms with E-state index in [9.17, 15) is 9.59 Å². The molecule has 0 aliphatic carbocycles. The van der Waals surface area contributed by atoms with Crippen molar-refractivity contribution < 1.29 is 9.59 Å². The highest BCUT2D eigenvalue weighted by Crippen LogP contribution is 2.19. The molecule has 0 saturated heterocycles. The summed E-state index contributed by atoms with van der Waals surface area (Å²) in [5.41, 5.74) is 2.57. The fourth-order valence-electron chi connectivity index (χ4n) is 1.95. The van der Waals surface area contributed by atoms with Crippen LogP contribution < -0.4 is 0 Å². The molecule has 0 saturated carbocycles. The first-order valence-corrected chi connectivity index (χ1v) is 5.76. The first-order chi connectivity index (χ1) is 8.52. The van der Waals surface area contributed by atoms with Gasteiger partial charge in [-0.1, -0.05) is 12.1 Å². The predicted molar refractivity (Wildman–Crippen MR) is 70.7 cm³/mol. The van der Waals surface area contributed by atoms with Gasteiger partial charge >= 0.3 is 0 Å². The molecule has 0 atom stereocenters. The molecule has 0 spiro atoms. The Morgan fingerprint density at radius 2 is 2.06 bits per heavy atom. The zero-order valence-corrected chi connectivity index (χ0v) is 10.8. The first-order valence-electron chi connectivity index (χ1n) is 5.76. The van der Waals surface area contributed by atoms with Crippen LogP contribution in [0.5, 0.6) is 0 Å². The van der Waals surface area contributed by atoms with Crippen LogP contribution >= 0.6 is 0 Å². The third-order valence-corrected chi connectivity index (χ3v) is 3.12. The Balaban J connectivity index is 2.40. The van der Waals surface area contributed by atoms with Crippen molar-refractivity contribution in [1.29, 1.82) is 0 Å². The van der Waals surface area contributed by atoms with Gasteiger partial charge in [0.2, 0.25) is 5.91 Å². The summed E-state index contributed by atoms with van der Waals surface area (Å²) in [7, 11) is 5.34. The average molecular weight is 244 g/mol. The maximum atomic E-state index is 11.7. The number of benzene rings is 1. The number of aldehydes is 1. The molecule has 1 heterocycles. The van der Waals surface area contributed by atoms with Gasteiger partial charge < -0.3 is 9.47 Å². The normalized spacial score (nSPS) is 10.6. The van der Waals surface area contributed by atoms with E-state index >= 15 is 0 Å². The lowest BCUT2D eigenvalue weighted by Gasteiger charge is -2.10. The van der Waals surface area contributed by atoms with Crippen LogP contribution in [0.3, 0.4) is 0 Å². The minimum Gasteiger partial charge on any atom is -0.349 e. The van der Waals surface area contributed by atoms with Gasteiger partial charge in [-0.25, -0.2) is 0 Å². The average Bonchev–Trinajstić information content (AvgIpc) is 2.66. The summed E-state index contributed by atoms with van der Waals surface area (Å²) in [6, 6.07) is 7.68. The quantitative estimate of drug-likeness (QED) is 0.770. The van der Waals surface area contributed by atoms with E-state index in [4.69, 9.17) is 0 Å². The molecule has 0 N–H and O–H groups in total. The lowest BCUT2D eigenvalue weighted by molar-refractivity contribution is -0.127. The highest BCUT2D eigenvalue weighted by Gasteiger charge is 2.09. The van der Waals surface area contributed by atoms with Gasteiger partial charge in [-0.3, -0.25) is 9.59 Å². The number of likely N-dealkylation sites (N-methyl/N-ethyl adjacent to an activating group) is 1. The molecule has 1 aromatic carbocycles. The van der Waals surface area contributed by atoms with Gasteiger partial charge in [-0.2, -0.15) is 0 Å². The van der Waals surface area contributed by atoms with E-state index < -0.39 is 0 Å². The second-order valence-corrected chi connectivity index (χ2v) is 4.60. The first kappa shape index (κ1) is 12.4. The fourth-order valence-corrected chi connectivity index (χ4v) is 1.95. The Bertz CT molecular complexity index is 612. The van der Waals surface area contributed by atoms with Crippen molar-refractivity contribution in [3.63, 3.8) is 0 Å². The molecule has 2 rings (SSSR count). The van der Waals surface area contributed by atoms with Crippen LogP contribution in [0.2, 0.25) is 0 Å². The van der Waals surface area contributed by atoms with Crippen molar-refractivity contribution >= 4 is 23.1 Å². The van der Waals surface area contributed by atoms with Crippen LogP contribution in [0, 0.1) is 0 Å². The number of carbonyl (C=O) groups is 2. The van der Waals surface area contributed by atoms with E-state index in [2.05, 4.69) is 0 Å². The SMILES string of the molecule is CN(C)C(=O)Cc1ccc2cc(C=O)n(C)c2c1. The molecule has 1 aromatic heterocycles. The minimum absolute atomic E-state index is 0.0687. The number of fused-ring (bicyclic) bond motifs is 1. The van der Waals surface area contributed by atoms with Gasteiger partial charge in [0.1, 0.15) is 0 Å². The zero-order valence-electron chi connectivity index (χ0n) is 10.8. The number of carbonyl (C=O) groups excluding carboxylic acids is 2. The molecule has 94 valence electrons. The Morgan fingerprint density at radius 3 is 2.67 bits per heavy atom. The smallest absolute Gasteiger partial charge is 0.226 e. The fraction of sp³-hybridized carbons (Fsp3) is 0.286. The summed E-state index contributed by atoms with van der Waals surface area (Å²) in [5.74, 6) is 0.0687. The summed E-state index contributed by atoms with van der Waals surface area (Å²) in [6.07, 6.45) is 1.22. The largest absolute Gasteiger partial charge is 0.349 e. The zero-order chi connectivity index (χ0) is 13.3. The molecular formula is C14H16N2O2. The number of hydrogen-bond donors (Lipinski definition) is 0.